The SMILES string of the molecule is CNC(=O)C1CCCCN1S(=O)(=O)c1cccc(F)c1F. The Labute approximate surface area is 122 Å². The van der Waals surface area contributed by atoms with Crippen molar-refractivity contribution in [2.24, 2.45) is 0 Å². The summed E-state index contributed by atoms with van der Waals surface area (Å²) in [6.45, 7) is 0.108. The molecule has 1 heterocycles. The van der Waals surface area contributed by atoms with Crippen LogP contribution in [0.25, 0.3) is 0 Å². The molecule has 0 aromatic heterocycles. The third-order valence-electron chi connectivity index (χ3n) is 3.51. The molecule has 1 fully saturated rings. The Kier molecular flexibility index (Phi) is 4.58. The van der Waals surface area contributed by atoms with E-state index >= 15 is 0 Å². The summed E-state index contributed by atoms with van der Waals surface area (Å²) in [5.41, 5.74) is 0. The molecule has 0 aliphatic carbocycles. The van der Waals surface area contributed by atoms with Crippen molar-refractivity contribution in [1.29, 1.82) is 0 Å². The van der Waals surface area contributed by atoms with Crippen molar-refractivity contribution >= 4 is 15.9 Å². The van der Waals surface area contributed by atoms with Crippen LogP contribution in [-0.2, 0) is 14.8 Å². The van der Waals surface area contributed by atoms with Crippen LogP contribution in [0, 0.1) is 11.6 Å². The molecule has 5 nitrogen and oxygen atoms in total. The average Bonchev–Trinajstić information content (AvgIpc) is 2.49. The molecule has 1 aliphatic rings. The molecule has 1 N–H and O–H groups in total. The average molecular weight is 318 g/mol. The van der Waals surface area contributed by atoms with Gasteiger partial charge in [-0.3, -0.25) is 4.79 Å². The van der Waals surface area contributed by atoms with Gasteiger partial charge in [-0.2, -0.15) is 4.31 Å². The Morgan fingerprint density at radius 1 is 1.33 bits per heavy atom. The van der Waals surface area contributed by atoms with Crippen LogP contribution in [0.2, 0.25) is 0 Å². The molecule has 1 aromatic carbocycles. The van der Waals surface area contributed by atoms with E-state index in [0.717, 1.165) is 22.5 Å². The lowest BCUT2D eigenvalue weighted by molar-refractivity contribution is -0.125. The molecule has 21 heavy (non-hydrogen) atoms. The maximum Gasteiger partial charge on any atom is 0.246 e. The second-order valence-electron chi connectivity index (χ2n) is 4.79. The van der Waals surface area contributed by atoms with Gasteiger partial charge in [0.1, 0.15) is 10.9 Å². The van der Waals surface area contributed by atoms with E-state index in [-0.39, 0.29) is 6.54 Å². The Bertz CT molecular complexity index is 649. The number of halogens is 2. The Morgan fingerprint density at radius 3 is 2.71 bits per heavy atom. The number of benzene rings is 1. The van der Waals surface area contributed by atoms with Crippen molar-refractivity contribution in [1.82, 2.24) is 9.62 Å². The molecule has 0 saturated carbocycles. The van der Waals surface area contributed by atoms with E-state index in [1.165, 1.54) is 7.05 Å². The van der Waals surface area contributed by atoms with E-state index in [1.807, 2.05) is 0 Å². The molecule has 1 aromatic rings. The van der Waals surface area contributed by atoms with Crippen LogP contribution in [0.3, 0.4) is 0 Å². The number of hydrogen-bond donors (Lipinski definition) is 1. The highest BCUT2D eigenvalue weighted by atomic mass is 32.2. The summed E-state index contributed by atoms with van der Waals surface area (Å²) in [5.74, 6) is -3.10. The first-order valence-corrected chi connectivity index (χ1v) is 8.01. The van der Waals surface area contributed by atoms with Gasteiger partial charge in [-0.25, -0.2) is 17.2 Å². The Hall–Kier alpha value is -1.54. The third-order valence-corrected chi connectivity index (χ3v) is 5.43. The number of piperidine rings is 1. The zero-order chi connectivity index (χ0) is 15.6. The molecule has 1 atom stereocenters. The van der Waals surface area contributed by atoms with Gasteiger partial charge in [0, 0.05) is 13.6 Å². The second kappa shape index (κ2) is 6.07. The summed E-state index contributed by atoms with van der Waals surface area (Å²) < 4.78 is 53.1. The second-order valence-corrected chi connectivity index (χ2v) is 6.65. The molecule has 116 valence electrons. The van der Waals surface area contributed by atoms with Gasteiger partial charge in [-0.1, -0.05) is 12.5 Å². The fourth-order valence-corrected chi connectivity index (χ4v) is 4.16. The number of carbonyl (C=O) groups is 1. The molecule has 0 radical (unpaired) electrons. The summed E-state index contributed by atoms with van der Waals surface area (Å²) in [4.78, 5) is 11.1. The number of amides is 1. The minimum absolute atomic E-state index is 0.108. The van der Waals surface area contributed by atoms with Crippen molar-refractivity contribution in [3.63, 3.8) is 0 Å². The number of nitrogens with zero attached hydrogens (tertiary/aromatic N) is 1. The number of rotatable bonds is 3. The highest BCUT2D eigenvalue weighted by Crippen LogP contribution is 2.27. The zero-order valence-corrected chi connectivity index (χ0v) is 12.3. The molecular formula is C13H16F2N2O3S. The highest BCUT2D eigenvalue weighted by molar-refractivity contribution is 7.89. The lowest BCUT2D eigenvalue weighted by Crippen LogP contribution is -2.51. The van der Waals surface area contributed by atoms with Gasteiger partial charge in [0.15, 0.2) is 11.6 Å². The van der Waals surface area contributed by atoms with Crippen LogP contribution < -0.4 is 5.32 Å². The first kappa shape index (κ1) is 15.8. The summed E-state index contributed by atoms with van der Waals surface area (Å²) >= 11 is 0. The first-order chi connectivity index (χ1) is 9.89. The van der Waals surface area contributed by atoms with Crippen LogP contribution in [0.5, 0.6) is 0 Å². The molecule has 0 bridgehead atoms. The molecule has 2 rings (SSSR count). The fourth-order valence-electron chi connectivity index (χ4n) is 2.43. The van der Waals surface area contributed by atoms with Crippen LogP contribution in [0.15, 0.2) is 23.1 Å². The van der Waals surface area contributed by atoms with Gasteiger partial charge < -0.3 is 5.32 Å². The van der Waals surface area contributed by atoms with Gasteiger partial charge >= 0.3 is 0 Å². The monoisotopic (exact) mass is 318 g/mol. The smallest absolute Gasteiger partial charge is 0.246 e. The van der Waals surface area contributed by atoms with E-state index in [0.29, 0.717) is 19.3 Å². The summed E-state index contributed by atoms with van der Waals surface area (Å²) in [7, 11) is -2.85. The lowest BCUT2D eigenvalue weighted by Gasteiger charge is -2.33. The summed E-state index contributed by atoms with van der Waals surface area (Å²) in [6, 6.07) is 2.09. The number of sulfonamides is 1. The van der Waals surface area contributed by atoms with E-state index < -0.39 is 38.5 Å². The minimum Gasteiger partial charge on any atom is -0.358 e. The minimum atomic E-state index is -4.26. The quantitative estimate of drug-likeness (QED) is 0.912. The molecule has 1 unspecified atom stereocenters. The van der Waals surface area contributed by atoms with Gasteiger partial charge in [0.25, 0.3) is 0 Å². The van der Waals surface area contributed by atoms with Gasteiger partial charge in [-0.15, -0.1) is 0 Å². The summed E-state index contributed by atoms with van der Waals surface area (Å²) in [5, 5.41) is 2.40. The maximum absolute atomic E-state index is 13.8. The van der Waals surface area contributed by atoms with Crippen molar-refractivity contribution in [2.75, 3.05) is 13.6 Å². The number of nitrogens with one attached hydrogen (secondary N) is 1. The standard InChI is InChI=1S/C13H16F2N2O3S/c1-16-13(18)10-6-2-3-8-17(10)21(19,20)11-7-4-5-9(14)12(11)15/h4-5,7,10H,2-3,6,8H2,1H3,(H,16,18). The van der Waals surface area contributed by atoms with E-state index in [1.54, 1.807) is 0 Å². The highest BCUT2D eigenvalue weighted by Gasteiger charge is 2.38. The van der Waals surface area contributed by atoms with Crippen LogP contribution in [0.1, 0.15) is 19.3 Å². The number of hydrogen-bond acceptors (Lipinski definition) is 3. The van der Waals surface area contributed by atoms with Gasteiger partial charge in [-0.05, 0) is 25.0 Å². The first-order valence-electron chi connectivity index (χ1n) is 6.57. The zero-order valence-electron chi connectivity index (χ0n) is 11.5. The number of likely N-dealkylation sites (N-methyl/N-ethyl adjacent to an activating group) is 1. The van der Waals surface area contributed by atoms with Crippen LogP contribution >= 0.6 is 0 Å². The molecule has 0 spiro atoms. The maximum atomic E-state index is 13.8. The van der Waals surface area contributed by atoms with Crippen molar-refractivity contribution in [3.8, 4) is 0 Å². The molecule has 1 saturated heterocycles. The van der Waals surface area contributed by atoms with Crippen molar-refractivity contribution in [3.05, 3.63) is 29.8 Å². The normalized spacial score (nSPS) is 20.2. The predicted molar refractivity (Wildman–Crippen MR) is 72.0 cm³/mol. The van der Waals surface area contributed by atoms with Gasteiger partial charge in [0.2, 0.25) is 15.9 Å². The molecule has 8 heteroatoms. The van der Waals surface area contributed by atoms with E-state index in [9.17, 15) is 22.0 Å². The van der Waals surface area contributed by atoms with Crippen LogP contribution in [-0.4, -0.2) is 38.3 Å². The van der Waals surface area contributed by atoms with Crippen molar-refractivity contribution in [2.45, 2.75) is 30.2 Å². The van der Waals surface area contributed by atoms with Crippen molar-refractivity contribution < 1.29 is 22.0 Å². The third kappa shape index (κ3) is 2.91. The predicted octanol–water partition coefficient (Wildman–Crippen LogP) is 1.25. The molecule has 1 amide bonds. The molecule has 1 aliphatic heterocycles. The lowest BCUT2D eigenvalue weighted by atomic mass is 10.0. The van der Waals surface area contributed by atoms with E-state index in [4.69, 9.17) is 0 Å². The fraction of sp³-hybridized carbons (Fsp3) is 0.462. The summed E-state index contributed by atoms with van der Waals surface area (Å²) in [6.07, 6.45) is 1.63. The Balaban J connectivity index is 2.46. The van der Waals surface area contributed by atoms with Crippen LogP contribution in [0.4, 0.5) is 8.78 Å². The molecular weight excluding hydrogens is 302 g/mol. The topological polar surface area (TPSA) is 66.5 Å². The largest absolute Gasteiger partial charge is 0.358 e. The van der Waals surface area contributed by atoms with E-state index in [2.05, 4.69) is 5.32 Å². The Morgan fingerprint density at radius 2 is 2.05 bits per heavy atom. The number of carbonyl (C=O) groups excluding carboxylic acids is 1. The van der Waals surface area contributed by atoms with Gasteiger partial charge in [0.05, 0.1) is 0 Å².